The lowest BCUT2D eigenvalue weighted by atomic mass is 9.85. The van der Waals surface area contributed by atoms with Crippen molar-refractivity contribution >= 4 is 5.91 Å². The first-order valence-corrected chi connectivity index (χ1v) is 10.2. The third kappa shape index (κ3) is 7.29. The summed E-state index contributed by atoms with van der Waals surface area (Å²) in [5.74, 6) is 0.810. The van der Waals surface area contributed by atoms with Gasteiger partial charge in [-0.1, -0.05) is 44.9 Å². The summed E-state index contributed by atoms with van der Waals surface area (Å²) in [6.45, 7) is -0.143. The van der Waals surface area contributed by atoms with Gasteiger partial charge in [0.25, 0.3) is 0 Å². The molecular weight excluding hydrogens is 354 g/mol. The second-order valence-corrected chi connectivity index (χ2v) is 7.67. The SMILES string of the molecule is O=C(CCCCC1CCCCC1)NCCO[C@@H]1O[C@H](CO)[C@H](O)[C@H](O)[C@H]1O. The molecule has 1 amide bonds. The summed E-state index contributed by atoms with van der Waals surface area (Å²) in [6, 6.07) is 0. The number of aliphatic hydroxyl groups is 4. The second kappa shape index (κ2) is 11.9. The second-order valence-electron chi connectivity index (χ2n) is 7.67. The first-order valence-electron chi connectivity index (χ1n) is 10.2. The van der Waals surface area contributed by atoms with E-state index >= 15 is 0 Å². The minimum Gasteiger partial charge on any atom is -0.394 e. The van der Waals surface area contributed by atoms with E-state index in [4.69, 9.17) is 14.6 Å². The molecule has 0 aromatic carbocycles. The van der Waals surface area contributed by atoms with E-state index in [9.17, 15) is 20.1 Å². The largest absolute Gasteiger partial charge is 0.394 e. The van der Waals surface area contributed by atoms with Crippen molar-refractivity contribution in [3.8, 4) is 0 Å². The molecule has 8 nitrogen and oxygen atoms in total. The van der Waals surface area contributed by atoms with Gasteiger partial charge in [-0.3, -0.25) is 4.79 Å². The summed E-state index contributed by atoms with van der Waals surface area (Å²) >= 11 is 0. The number of rotatable bonds is 10. The summed E-state index contributed by atoms with van der Waals surface area (Å²) in [4.78, 5) is 11.8. The summed E-state index contributed by atoms with van der Waals surface area (Å²) < 4.78 is 10.6. The highest BCUT2D eigenvalue weighted by Crippen LogP contribution is 2.27. The fraction of sp³-hybridized carbons (Fsp3) is 0.947. The number of carbonyl (C=O) groups is 1. The van der Waals surface area contributed by atoms with Crippen LogP contribution < -0.4 is 5.32 Å². The van der Waals surface area contributed by atoms with Crippen molar-refractivity contribution in [1.29, 1.82) is 0 Å². The number of carbonyl (C=O) groups excluding carboxylic acids is 1. The molecule has 5 atom stereocenters. The van der Waals surface area contributed by atoms with E-state index in [1.165, 1.54) is 38.5 Å². The van der Waals surface area contributed by atoms with Crippen molar-refractivity contribution in [3.05, 3.63) is 0 Å². The zero-order valence-electron chi connectivity index (χ0n) is 16.0. The molecule has 2 aliphatic rings. The number of nitrogens with one attached hydrogen (secondary N) is 1. The normalized spacial score (nSPS) is 32.4. The summed E-state index contributed by atoms with van der Waals surface area (Å²) in [5, 5.41) is 41.1. The lowest BCUT2D eigenvalue weighted by Crippen LogP contribution is -2.59. The predicted octanol–water partition coefficient (Wildman–Crippen LogP) is 0.0598. The molecule has 1 saturated carbocycles. The Labute approximate surface area is 160 Å². The third-order valence-electron chi connectivity index (χ3n) is 5.55. The van der Waals surface area contributed by atoms with Crippen LogP contribution in [0, 0.1) is 5.92 Å². The lowest BCUT2D eigenvalue weighted by Gasteiger charge is -2.39. The van der Waals surface area contributed by atoms with E-state index in [1.807, 2.05) is 0 Å². The molecule has 8 heteroatoms. The molecule has 1 aliphatic heterocycles. The molecule has 5 N–H and O–H groups in total. The Morgan fingerprint density at radius 1 is 1.04 bits per heavy atom. The fourth-order valence-electron chi connectivity index (χ4n) is 3.85. The average molecular weight is 389 g/mol. The predicted molar refractivity (Wildman–Crippen MR) is 97.8 cm³/mol. The quantitative estimate of drug-likeness (QED) is 0.334. The smallest absolute Gasteiger partial charge is 0.220 e. The standard InChI is InChI=1S/C19H35NO7/c21-12-14-16(23)17(24)18(25)19(27-14)26-11-10-20-15(22)9-5-4-8-13-6-2-1-3-7-13/h13-14,16-19,21,23-25H,1-12H2,(H,20,22)/t14-,16+,17+,18-,19-/m1/s1. The van der Waals surface area contributed by atoms with Crippen LogP contribution in [0.4, 0.5) is 0 Å². The van der Waals surface area contributed by atoms with Crippen molar-refractivity contribution in [2.24, 2.45) is 5.92 Å². The zero-order valence-corrected chi connectivity index (χ0v) is 16.0. The highest BCUT2D eigenvalue weighted by Gasteiger charge is 2.43. The molecule has 1 saturated heterocycles. The molecule has 2 fully saturated rings. The molecule has 0 aromatic heterocycles. The Morgan fingerprint density at radius 2 is 1.78 bits per heavy atom. The van der Waals surface area contributed by atoms with Crippen molar-refractivity contribution < 1.29 is 34.7 Å². The van der Waals surface area contributed by atoms with Crippen molar-refractivity contribution in [1.82, 2.24) is 5.32 Å². The van der Waals surface area contributed by atoms with Crippen LogP contribution in [0.3, 0.4) is 0 Å². The number of amides is 1. The van der Waals surface area contributed by atoms with Gasteiger partial charge in [-0.05, 0) is 12.3 Å². The minimum atomic E-state index is -1.46. The molecule has 27 heavy (non-hydrogen) atoms. The number of hydrogen-bond donors (Lipinski definition) is 5. The minimum absolute atomic E-state index is 0.0314. The van der Waals surface area contributed by atoms with Gasteiger partial charge in [-0.15, -0.1) is 0 Å². The molecule has 0 spiro atoms. The number of hydrogen-bond acceptors (Lipinski definition) is 7. The van der Waals surface area contributed by atoms with E-state index < -0.39 is 37.3 Å². The van der Waals surface area contributed by atoms with Gasteiger partial charge in [0.15, 0.2) is 6.29 Å². The van der Waals surface area contributed by atoms with Crippen LogP contribution >= 0.6 is 0 Å². The average Bonchev–Trinajstić information content (AvgIpc) is 2.69. The first kappa shape index (κ1) is 22.5. The van der Waals surface area contributed by atoms with Crippen LogP contribution in [0.25, 0.3) is 0 Å². The molecule has 158 valence electrons. The summed E-state index contributed by atoms with van der Waals surface area (Å²) in [5.41, 5.74) is 0. The highest BCUT2D eigenvalue weighted by atomic mass is 16.7. The molecule has 0 bridgehead atoms. The van der Waals surface area contributed by atoms with E-state index in [-0.39, 0.29) is 19.1 Å². The van der Waals surface area contributed by atoms with Gasteiger partial charge in [0, 0.05) is 13.0 Å². The Kier molecular flexibility index (Phi) is 9.95. The van der Waals surface area contributed by atoms with Crippen LogP contribution in [0.15, 0.2) is 0 Å². The third-order valence-corrected chi connectivity index (χ3v) is 5.55. The summed E-state index contributed by atoms with van der Waals surface area (Å²) in [7, 11) is 0. The van der Waals surface area contributed by atoms with Gasteiger partial charge >= 0.3 is 0 Å². The van der Waals surface area contributed by atoms with Crippen LogP contribution in [0.5, 0.6) is 0 Å². The van der Waals surface area contributed by atoms with E-state index in [0.717, 1.165) is 18.8 Å². The van der Waals surface area contributed by atoms with E-state index in [1.54, 1.807) is 0 Å². The summed E-state index contributed by atoms with van der Waals surface area (Å²) in [6.07, 6.45) is 3.97. The monoisotopic (exact) mass is 389 g/mol. The number of unbranched alkanes of at least 4 members (excludes halogenated alkanes) is 1. The van der Waals surface area contributed by atoms with Gasteiger partial charge < -0.3 is 35.2 Å². The van der Waals surface area contributed by atoms with E-state index in [0.29, 0.717) is 6.42 Å². The fourth-order valence-corrected chi connectivity index (χ4v) is 3.85. The Bertz CT molecular complexity index is 428. The maximum absolute atomic E-state index is 11.8. The van der Waals surface area contributed by atoms with Gasteiger partial charge in [-0.25, -0.2) is 0 Å². The molecule has 2 rings (SSSR count). The zero-order chi connectivity index (χ0) is 19.6. The maximum atomic E-state index is 11.8. The molecule has 1 heterocycles. The molecule has 0 aromatic rings. The van der Waals surface area contributed by atoms with Gasteiger partial charge in [0.2, 0.25) is 5.91 Å². The van der Waals surface area contributed by atoms with Gasteiger partial charge in [-0.2, -0.15) is 0 Å². The molecular formula is C19H35NO7. The lowest BCUT2D eigenvalue weighted by molar-refractivity contribution is -0.300. The number of aliphatic hydroxyl groups excluding tert-OH is 4. The molecule has 0 unspecified atom stereocenters. The first-order chi connectivity index (χ1) is 13.0. The van der Waals surface area contributed by atoms with E-state index in [2.05, 4.69) is 5.32 Å². The van der Waals surface area contributed by atoms with Crippen LogP contribution in [-0.4, -0.2) is 76.8 Å². The topological polar surface area (TPSA) is 128 Å². The van der Waals surface area contributed by atoms with Crippen LogP contribution in [-0.2, 0) is 14.3 Å². The van der Waals surface area contributed by atoms with Crippen molar-refractivity contribution in [2.45, 2.75) is 88.5 Å². The Hall–Kier alpha value is -0.770. The van der Waals surface area contributed by atoms with Gasteiger partial charge in [0.1, 0.15) is 24.4 Å². The van der Waals surface area contributed by atoms with Crippen LogP contribution in [0.2, 0.25) is 0 Å². The van der Waals surface area contributed by atoms with Crippen molar-refractivity contribution in [2.75, 3.05) is 19.8 Å². The molecule has 1 aliphatic carbocycles. The molecule has 0 radical (unpaired) electrons. The van der Waals surface area contributed by atoms with Crippen LogP contribution in [0.1, 0.15) is 57.8 Å². The Balaban J connectivity index is 1.53. The maximum Gasteiger partial charge on any atom is 0.220 e. The number of ether oxygens (including phenoxy) is 2. The van der Waals surface area contributed by atoms with Crippen molar-refractivity contribution in [3.63, 3.8) is 0 Å². The highest BCUT2D eigenvalue weighted by molar-refractivity contribution is 5.75. The Morgan fingerprint density at radius 3 is 2.48 bits per heavy atom. The van der Waals surface area contributed by atoms with Gasteiger partial charge in [0.05, 0.1) is 13.2 Å².